The van der Waals surface area contributed by atoms with Gasteiger partial charge in [0.25, 0.3) is 0 Å². The number of carbonyl (C=O) groups excluding carboxylic acids is 1. The Kier molecular flexibility index (Phi) is 5.36. The van der Waals surface area contributed by atoms with Crippen molar-refractivity contribution in [3.05, 3.63) is 35.9 Å². The van der Waals surface area contributed by atoms with Crippen LogP contribution in [0, 0.1) is 0 Å². The Hall–Kier alpha value is -1.68. The van der Waals surface area contributed by atoms with Crippen LogP contribution in [0.1, 0.15) is 30.1 Å². The van der Waals surface area contributed by atoms with Gasteiger partial charge in [-0.15, -0.1) is 0 Å². The average molecular weight is 236 g/mol. The fourth-order valence-corrected chi connectivity index (χ4v) is 1.33. The third kappa shape index (κ3) is 4.78. The van der Waals surface area contributed by atoms with E-state index < -0.39 is 12.1 Å². The first-order valence-corrected chi connectivity index (χ1v) is 5.54. The van der Waals surface area contributed by atoms with Crippen LogP contribution in [0.25, 0.3) is 0 Å². The van der Waals surface area contributed by atoms with Gasteiger partial charge < -0.3 is 9.84 Å². The average Bonchev–Trinajstić information content (AvgIpc) is 2.35. The quantitative estimate of drug-likeness (QED) is 0.582. The van der Waals surface area contributed by atoms with E-state index >= 15 is 0 Å². The van der Waals surface area contributed by atoms with Gasteiger partial charge in [0.1, 0.15) is 0 Å². The van der Waals surface area contributed by atoms with Gasteiger partial charge in [-0.25, -0.2) is 4.79 Å². The zero-order valence-electron chi connectivity index (χ0n) is 9.76. The molecule has 17 heavy (non-hydrogen) atoms. The summed E-state index contributed by atoms with van der Waals surface area (Å²) < 4.78 is 5.04. The van der Waals surface area contributed by atoms with E-state index in [1.54, 1.807) is 12.1 Å². The van der Waals surface area contributed by atoms with Crippen molar-refractivity contribution in [2.45, 2.75) is 25.9 Å². The number of carboxylic acids is 1. The second-order valence-corrected chi connectivity index (χ2v) is 3.74. The molecule has 4 heteroatoms. The van der Waals surface area contributed by atoms with Crippen molar-refractivity contribution >= 4 is 11.8 Å². The maximum atomic E-state index is 11.7. The van der Waals surface area contributed by atoms with Crippen molar-refractivity contribution in [1.29, 1.82) is 0 Å². The Morgan fingerprint density at radius 1 is 1.29 bits per heavy atom. The first kappa shape index (κ1) is 13.4. The molecule has 0 amide bonds. The molecule has 1 aromatic carbocycles. The predicted molar refractivity (Wildman–Crippen MR) is 63.1 cm³/mol. The monoisotopic (exact) mass is 236 g/mol. The van der Waals surface area contributed by atoms with Gasteiger partial charge in [0.2, 0.25) is 0 Å². The topological polar surface area (TPSA) is 63.6 Å². The normalized spacial score (nSPS) is 12.1. The van der Waals surface area contributed by atoms with Gasteiger partial charge in [0.15, 0.2) is 11.9 Å². The molecule has 0 aromatic heterocycles. The molecule has 0 radical (unpaired) electrons. The number of Topliss-reactive ketones (excluding diaryl/α,β-unsaturated/α-hetero) is 1. The van der Waals surface area contributed by atoms with Crippen LogP contribution < -0.4 is 0 Å². The van der Waals surface area contributed by atoms with E-state index in [4.69, 9.17) is 9.84 Å². The molecule has 1 N–H and O–H groups in total. The smallest absolute Gasteiger partial charge is 0.332 e. The molecule has 0 spiro atoms. The summed E-state index contributed by atoms with van der Waals surface area (Å²) in [7, 11) is 0. The van der Waals surface area contributed by atoms with Gasteiger partial charge in [-0.05, 0) is 13.3 Å². The van der Waals surface area contributed by atoms with Crippen LogP contribution in [0.4, 0.5) is 0 Å². The Labute approximate surface area is 100 Å². The highest BCUT2D eigenvalue weighted by atomic mass is 16.5. The Morgan fingerprint density at radius 2 is 1.94 bits per heavy atom. The summed E-state index contributed by atoms with van der Waals surface area (Å²) in [6, 6.07) is 9.02. The summed E-state index contributed by atoms with van der Waals surface area (Å²) in [5, 5.41) is 8.58. The van der Waals surface area contributed by atoms with Crippen molar-refractivity contribution < 1.29 is 19.4 Å². The van der Waals surface area contributed by atoms with Crippen molar-refractivity contribution in [2.75, 3.05) is 6.61 Å². The molecule has 0 aliphatic heterocycles. The molecule has 0 heterocycles. The highest BCUT2D eigenvalue weighted by Gasteiger charge is 2.11. The van der Waals surface area contributed by atoms with Crippen LogP contribution in [-0.2, 0) is 9.53 Å². The largest absolute Gasteiger partial charge is 0.479 e. The van der Waals surface area contributed by atoms with E-state index in [0.717, 1.165) is 0 Å². The molecule has 0 aliphatic carbocycles. The SMILES string of the molecule is CC(OCCCC(=O)c1ccccc1)C(=O)O. The zero-order chi connectivity index (χ0) is 12.7. The van der Waals surface area contributed by atoms with Crippen LogP contribution in [0.15, 0.2) is 30.3 Å². The van der Waals surface area contributed by atoms with Gasteiger partial charge >= 0.3 is 5.97 Å². The first-order valence-electron chi connectivity index (χ1n) is 5.54. The molecule has 1 rings (SSSR count). The van der Waals surface area contributed by atoms with Crippen molar-refractivity contribution in [1.82, 2.24) is 0 Å². The molecule has 0 saturated heterocycles. The maximum Gasteiger partial charge on any atom is 0.332 e. The molecule has 1 atom stereocenters. The van der Waals surface area contributed by atoms with Crippen LogP contribution in [0.5, 0.6) is 0 Å². The summed E-state index contributed by atoms with van der Waals surface area (Å²) >= 11 is 0. The second kappa shape index (κ2) is 6.81. The standard InChI is InChI=1S/C13H16O4/c1-10(13(15)16)17-9-5-8-12(14)11-6-3-2-4-7-11/h2-4,6-7,10H,5,8-9H2,1H3,(H,15,16). The lowest BCUT2D eigenvalue weighted by atomic mass is 10.1. The van der Waals surface area contributed by atoms with Crippen LogP contribution >= 0.6 is 0 Å². The molecule has 0 saturated carbocycles. The summed E-state index contributed by atoms with van der Waals surface area (Å²) in [5.41, 5.74) is 0.679. The molecule has 0 aliphatic rings. The molecule has 0 bridgehead atoms. The Morgan fingerprint density at radius 3 is 2.53 bits per heavy atom. The van der Waals surface area contributed by atoms with Crippen LogP contribution in [0.3, 0.4) is 0 Å². The van der Waals surface area contributed by atoms with E-state index in [1.165, 1.54) is 6.92 Å². The second-order valence-electron chi connectivity index (χ2n) is 3.74. The molecular weight excluding hydrogens is 220 g/mol. The number of rotatable bonds is 7. The van der Waals surface area contributed by atoms with E-state index in [-0.39, 0.29) is 12.4 Å². The van der Waals surface area contributed by atoms with Gasteiger partial charge in [-0.3, -0.25) is 4.79 Å². The summed E-state index contributed by atoms with van der Waals surface area (Å²) in [6.45, 7) is 1.76. The number of hydrogen-bond acceptors (Lipinski definition) is 3. The Bertz CT molecular complexity index is 372. The number of ketones is 1. The van der Waals surface area contributed by atoms with Gasteiger partial charge in [-0.1, -0.05) is 30.3 Å². The minimum absolute atomic E-state index is 0.0529. The zero-order valence-corrected chi connectivity index (χ0v) is 9.76. The summed E-state index contributed by atoms with van der Waals surface area (Å²) in [5.74, 6) is -0.934. The van der Waals surface area contributed by atoms with Crippen molar-refractivity contribution in [3.8, 4) is 0 Å². The lowest BCUT2D eigenvalue weighted by molar-refractivity contribution is -0.149. The van der Waals surface area contributed by atoms with E-state index in [0.29, 0.717) is 18.4 Å². The molecular formula is C13H16O4. The summed E-state index contributed by atoms with van der Waals surface area (Å²) in [4.78, 5) is 22.1. The number of carboxylic acid groups (broad SMARTS) is 1. The third-order valence-electron chi connectivity index (χ3n) is 2.36. The molecule has 1 unspecified atom stereocenters. The number of aliphatic carboxylic acids is 1. The van der Waals surface area contributed by atoms with Crippen LogP contribution in [0.2, 0.25) is 0 Å². The molecule has 1 aromatic rings. The predicted octanol–water partition coefficient (Wildman–Crippen LogP) is 2.14. The molecule has 92 valence electrons. The maximum absolute atomic E-state index is 11.7. The highest BCUT2D eigenvalue weighted by molar-refractivity contribution is 5.95. The third-order valence-corrected chi connectivity index (χ3v) is 2.36. The summed E-state index contributed by atoms with van der Waals surface area (Å²) in [6.07, 6.45) is 0.0867. The molecule has 0 fully saturated rings. The van der Waals surface area contributed by atoms with Crippen LogP contribution in [-0.4, -0.2) is 29.6 Å². The van der Waals surface area contributed by atoms with Gasteiger partial charge in [-0.2, -0.15) is 0 Å². The first-order chi connectivity index (χ1) is 8.11. The van der Waals surface area contributed by atoms with E-state index in [9.17, 15) is 9.59 Å². The van der Waals surface area contributed by atoms with Gasteiger partial charge in [0, 0.05) is 18.6 Å². The fourth-order valence-electron chi connectivity index (χ4n) is 1.33. The lowest BCUT2D eigenvalue weighted by Gasteiger charge is -2.07. The molecule has 4 nitrogen and oxygen atoms in total. The Balaban J connectivity index is 2.24. The van der Waals surface area contributed by atoms with E-state index in [2.05, 4.69) is 0 Å². The fraction of sp³-hybridized carbons (Fsp3) is 0.385. The number of hydrogen-bond donors (Lipinski definition) is 1. The number of ether oxygens (including phenoxy) is 1. The number of carbonyl (C=O) groups is 2. The highest BCUT2D eigenvalue weighted by Crippen LogP contribution is 2.05. The van der Waals surface area contributed by atoms with Crippen molar-refractivity contribution in [2.24, 2.45) is 0 Å². The lowest BCUT2D eigenvalue weighted by Crippen LogP contribution is -2.20. The van der Waals surface area contributed by atoms with Crippen molar-refractivity contribution in [3.63, 3.8) is 0 Å². The van der Waals surface area contributed by atoms with E-state index in [1.807, 2.05) is 18.2 Å². The van der Waals surface area contributed by atoms with Gasteiger partial charge in [0.05, 0.1) is 0 Å². The minimum atomic E-state index is -0.987. The number of benzene rings is 1. The minimum Gasteiger partial charge on any atom is -0.479 e.